The van der Waals surface area contributed by atoms with E-state index in [0.717, 1.165) is 5.56 Å². The summed E-state index contributed by atoms with van der Waals surface area (Å²) in [6.07, 6.45) is 1.37. The second-order valence-corrected chi connectivity index (χ2v) is 9.63. The van der Waals surface area contributed by atoms with Crippen molar-refractivity contribution in [2.45, 2.75) is 31.6 Å². The normalized spacial score (nSPS) is 19.1. The zero-order valence-corrected chi connectivity index (χ0v) is 17.4. The van der Waals surface area contributed by atoms with E-state index >= 15 is 0 Å². The van der Waals surface area contributed by atoms with Crippen LogP contribution in [0.25, 0.3) is 0 Å². The van der Waals surface area contributed by atoms with E-state index in [1.165, 1.54) is 4.31 Å². The third-order valence-electron chi connectivity index (χ3n) is 5.07. The molecule has 2 atom stereocenters. The number of benzene rings is 2. The van der Waals surface area contributed by atoms with Crippen molar-refractivity contribution in [2.24, 2.45) is 5.92 Å². The molecule has 1 saturated heterocycles. The van der Waals surface area contributed by atoms with E-state index in [-0.39, 0.29) is 30.2 Å². The van der Waals surface area contributed by atoms with Gasteiger partial charge in [0.2, 0.25) is 15.9 Å². The van der Waals surface area contributed by atoms with Crippen molar-refractivity contribution in [1.29, 1.82) is 0 Å². The summed E-state index contributed by atoms with van der Waals surface area (Å²) in [5, 5.41) is 3.59. The largest absolute Gasteiger partial charge is 0.349 e. The van der Waals surface area contributed by atoms with E-state index < -0.39 is 10.0 Å². The van der Waals surface area contributed by atoms with Gasteiger partial charge in [-0.05, 0) is 43.0 Å². The van der Waals surface area contributed by atoms with Crippen molar-refractivity contribution in [3.63, 3.8) is 0 Å². The topological polar surface area (TPSA) is 66.5 Å². The van der Waals surface area contributed by atoms with Crippen LogP contribution in [0.4, 0.5) is 0 Å². The molecule has 0 radical (unpaired) electrons. The van der Waals surface area contributed by atoms with Crippen molar-refractivity contribution in [1.82, 2.24) is 9.62 Å². The molecule has 2 aromatic rings. The molecule has 0 spiro atoms. The lowest BCUT2D eigenvalue weighted by Gasteiger charge is -2.32. The van der Waals surface area contributed by atoms with Gasteiger partial charge in [-0.3, -0.25) is 4.79 Å². The molecule has 0 aliphatic carbocycles. The lowest BCUT2D eigenvalue weighted by Crippen LogP contribution is -2.46. The molecule has 1 N–H and O–H groups in total. The molecule has 0 bridgehead atoms. The van der Waals surface area contributed by atoms with E-state index in [0.29, 0.717) is 30.0 Å². The number of carbonyl (C=O) groups excluding carboxylic acids is 1. The second-order valence-electron chi connectivity index (χ2n) is 7.22. The van der Waals surface area contributed by atoms with Crippen LogP contribution in [-0.2, 0) is 20.6 Å². The Labute approximate surface area is 171 Å². The standard InChI is InChI=1S/C21H25ClN2O3S/c1-16(18-6-3-2-4-7-18)23-21(25)19-8-5-13-24(14-19)28(26,27)15-17-9-11-20(22)12-10-17/h2-4,6-7,9-12,16,19H,5,8,13-15H2,1H3,(H,23,25)/t16-,19+/m0/s1. The molecule has 1 amide bonds. The van der Waals surface area contributed by atoms with Crippen molar-refractivity contribution < 1.29 is 13.2 Å². The van der Waals surface area contributed by atoms with Crippen molar-refractivity contribution in [3.05, 3.63) is 70.7 Å². The van der Waals surface area contributed by atoms with Gasteiger partial charge < -0.3 is 5.32 Å². The number of amides is 1. The fourth-order valence-electron chi connectivity index (χ4n) is 3.45. The Kier molecular flexibility index (Phi) is 6.75. The number of piperidine rings is 1. The van der Waals surface area contributed by atoms with Crippen molar-refractivity contribution >= 4 is 27.5 Å². The summed E-state index contributed by atoms with van der Waals surface area (Å²) < 4.78 is 27.1. The molecular formula is C21H25ClN2O3S. The molecule has 1 aliphatic rings. The fraction of sp³-hybridized carbons (Fsp3) is 0.381. The summed E-state index contributed by atoms with van der Waals surface area (Å²) in [7, 11) is -3.49. The number of hydrogen-bond acceptors (Lipinski definition) is 3. The van der Waals surface area contributed by atoms with Gasteiger partial charge in [0.25, 0.3) is 0 Å². The quantitative estimate of drug-likeness (QED) is 0.773. The summed E-state index contributed by atoms with van der Waals surface area (Å²) in [5.74, 6) is -0.512. The molecule has 7 heteroatoms. The Balaban J connectivity index is 1.62. The minimum Gasteiger partial charge on any atom is -0.349 e. The summed E-state index contributed by atoms with van der Waals surface area (Å²) in [5.41, 5.74) is 1.72. The van der Waals surface area contributed by atoms with E-state index in [1.54, 1.807) is 24.3 Å². The third kappa shape index (κ3) is 5.34. The van der Waals surface area contributed by atoms with Gasteiger partial charge in [-0.25, -0.2) is 12.7 Å². The maximum absolute atomic E-state index is 12.8. The van der Waals surface area contributed by atoms with Crippen LogP contribution in [0.15, 0.2) is 54.6 Å². The van der Waals surface area contributed by atoms with Crippen molar-refractivity contribution in [2.75, 3.05) is 13.1 Å². The van der Waals surface area contributed by atoms with E-state index in [2.05, 4.69) is 5.32 Å². The predicted octanol–water partition coefficient (Wildman–Crippen LogP) is 3.76. The van der Waals surface area contributed by atoms with Gasteiger partial charge in [0.05, 0.1) is 17.7 Å². The van der Waals surface area contributed by atoms with Gasteiger partial charge in [0.15, 0.2) is 0 Å². The van der Waals surface area contributed by atoms with Crippen LogP contribution in [0.2, 0.25) is 5.02 Å². The first-order valence-corrected chi connectivity index (χ1v) is 11.4. The highest BCUT2D eigenvalue weighted by molar-refractivity contribution is 7.88. The number of halogens is 1. The number of rotatable bonds is 6. The number of sulfonamides is 1. The van der Waals surface area contributed by atoms with Crippen LogP contribution in [0, 0.1) is 5.92 Å². The van der Waals surface area contributed by atoms with Crippen molar-refractivity contribution in [3.8, 4) is 0 Å². The molecule has 28 heavy (non-hydrogen) atoms. The van der Waals surface area contributed by atoms with Crippen LogP contribution < -0.4 is 5.32 Å². The smallest absolute Gasteiger partial charge is 0.224 e. The van der Waals surface area contributed by atoms with Crippen LogP contribution in [0.5, 0.6) is 0 Å². The van der Waals surface area contributed by atoms with E-state index in [9.17, 15) is 13.2 Å². The van der Waals surface area contributed by atoms with Crippen LogP contribution in [-0.4, -0.2) is 31.7 Å². The summed E-state index contributed by atoms with van der Waals surface area (Å²) >= 11 is 5.87. The highest BCUT2D eigenvalue weighted by Crippen LogP contribution is 2.23. The van der Waals surface area contributed by atoms with Gasteiger partial charge in [-0.2, -0.15) is 0 Å². The summed E-state index contributed by atoms with van der Waals surface area (Å²) in [4.78, 5) is 12.7. The zero-order valence-electron chi connectivity index (χ0n) is 15.8. The molecule has 3 rings (SSSR count). The predicted molar refractivity (Wildman–Crippen MR) is 111 cm³/mol. The molecule has 1 aliphatic heterocycles. The first-order valence-electron chi connectivity index (χ1n) is 9.43. The van der Waals surface area contributed by atoms with E-state index in [4.69, 9.17) is 11.6 Å². The number of nitrogens with zero attached hydrogens (tertiary/aromatic N) is 1. The molecule has 1 fully saturated rings. The molecule has 0 unspecified atom stereocenters. The molecule has 1 heterocycles. The monoisotopic (exact) mass is 420 g/mol. The van der Waals surface area contributed by atoms with Gasteiger partial charge in [-0.15, -0.1) is 0 Å². The Morgan fingerprint density at radius 1 is 1.18 bits per heavy atom. The first kappa shape index (κ1) is 20.8. The Morgan fingerprint density at radius 2 is 1.86 bits per heavy atom. The molecule has 150 valence electrons. The molecule has 0 saturated carbocycles. The molecule has 2 aromatic carbocycles. The van der Waals surface area contributed by atoms with Crippen LogP contribution in [0.1, 0.15) is 36.9 Å². The number of hydrogen-bond donors (Lipinski definition) is 1. The SMILES string of the molecule is C[C@H](NC(=O)[C@@H]1CCCN(S(=O)(=O)Cc2ccc(Cl)cc2)C1)c1ccccc1. The summed E-state index contributed by atoms with van der Waals surface area (Å²) in [6, 6.07) is 16.4. The number of nitrogens with one attached hydrogen (secondary N) is 1. The Bertz CT molecular complexity index is 901. The Hall–Kier alpha value is -1.89. The third-order valence-corrected chi connectivity index (χ3v) is 7.14. The average molecular weight is 421 g/mol. The summed E-state index contributed by atoms with van der Waals surface area (Å²) in [6.45, 7) is 2.61. The molecular weight excluding hydrogens is 396 g/mol. The lowest BCUT2D eigenvalue weighted by atomic mass is 9.98. The average Bonchev–Trinajstić information content (AvgIpc) is 2.70. The first-order chi connectivity index (χ1) is 13.3. The highest BCUT2D eigenvalue weighted by Gasteiger charge is 2.32. The van der Waals surface area contributed by atoms with E-state index in [1.807, 2.05) is 37.3 Å². The van der Waals surface area contributed by atoms with Gasteiger partial charge >= 0.3 is 0 Å². The minimum absolute atomic E-state index is 0.0844. The van der Waals surface area contributed by atoms with Gasteiger partial charge in [-0.1, -0.05) is 54.1 Å². The lowest BCUT2D eigenvalue weighted by molar-refractivity contribution is -0.126. The molecule has 0 aromatic heterocycles. The maximum atomic E-state index is 12.8. The zero-order chi connectivity index (χ0) is 20.1. The van der Waals surface area contributed by atoms with Gasteiger partial charge in [0, 0.05) is 18.1 Å². The van der Waals surface area contributed by atoms with Crippen LogP contribution in [0.3, 0.4) is 0 Å². The van der Waals surface area contributed by atoms with Crippen LogP contribution >= 0.6 is 11.6 Å². The molecule has 5 nitrogen and oxygen atoms in total. The van der Waals surface area contributed by atoms with Gasteiger partial charge in [0.1, 0.15) is 0 Å². The second kappa shape index (κ2) is 9.07. The fourth-order valence-corrected chi connectivity index (χ4v) is 5.18. The number of carbonyl (C=O) groups is 1. The maximum Gasteiger partial charge on any atom is 0.224 e. The minimum atomic E-state index is -3.49. The Morgan fingerprint density at radius 3 is 2.54 bits per heavy atom. The highest BCUT2D eigenvalue weighted by atomic mass is 35.5.